The van der Waals surface area contributed by atoms with Crippen LogP contribution in [0.25, 0.3) is 0 Å². The van der Waals surface area contributed by atoms with Gasteiger partial charge in [0.05, 0.1) is 4.47 Å². The second-order valence-electron chi connectivity index (χ2n) is 5.53. The van der Waals surface area contributed by atoms with Gasteiger partial charge in [-0.1, -0.05) is 41.9 Å². The van der Waals surface area contributed by atoms with Crippen LogP contribution < -0.4 is 5.32 Å². The number of nitrogens with one attached hydrogen (secondary N) is 1. The average molecular weight is 382 g/mol. The number of benzene rings is 1. The number of hydrogen-bond donors (Lipinski definition) is 1. The summed E-state index contributed by atoms with van der Waals surface area (Å²) >= 11 is 9.46. The molecule has 116 valence electrons. The van der Waals surface area contributed by atoms with E-state index in [2.05, 4.69) is 66.4 Å². The minimum absolute atomic E-state index is 0.375. The molecule has 1 aliphatic rings. The van der Waals surface area contributed by atoms with Gasteiger partial charge in [-0.3, -0.25) is 4.90 Å². The summed E-state index contributed by atoms with van der Waals surface area (Å²) in [5.74, 6) is 0.770. The summed E-state index contributed by atoms with van der Waals surface area (Å²) in [5.41, 5.74) is 1.36. The number of nitrogens with zero attached hydrogens (tertiary/aromatic N) is 3. The van der Waals surface area contributed by atoms with Crippen molar-refractivity contribution in [1.29, 1.82) is 0 Å². The summed E-state index contributed by atoms with van der Waals surface area (Å²) < 4.78 is 0.733. The molecule has 6 heteroatoms. The van der Waals surface area contributed by atoms with E-state index < -0.39 is 0 Å². The SMILES string of the molecule is Clc1ncnc(NC2CCCN(Cc3ccccc3)C2)c1Br. The van der Waals surface area contributed by atoms with Crippen LogP contribution in [-0.4, -0.2) is 34.0 Å². The van der Waals surface area contributed by atoms with E-state index in [1.165, 1.54) is 18.3 Å². The van der Waals surface area contributed by atoms with Crippen LogP contribution in [0, 0.1) is 0 Å². The van der Waals surface area contributed by atoms with E-state index in [4.69, 9.17) is 11.6 Å². The number of likely N-dealkylation sites (tertiary alicyclic amines) is 1. The molecule has 0 bridgehead atoms. The molecule has 0 amide bonds. The number of hydrogen-bond acceptors (Lipinski definition) is 4. The Kier molecular flexibility index (Phi) is 5.28. The Bertz CT molecular complexity index is 623. The first kappa shape index (κ1) is 15.7. The first-order valence-corrected chi connectivity index (χ1v) is 8.58. The zero-order valence-corrected chi connectivity index (χ0v) is 14.5. The largest absolute Gasteiger partial charge is 0.365 e. The lowest BCUT2D eigenvalue weighted by molar-refractivity contribution is 0.208. The first-order valence-electron chi connectivity index (χ1n) is 7.41. The summed E-state index contributed by atoms with van der Waals surface area (Å²) in [6, 6.07) is 11.0. The fourth-order valence-electron chi connectivity index (χ4n) is 2.80. The Hall–Kier alpha value is -1.17. The predicted molar refractivity (Wildman–Crippen MR) is 93.1 cm³/mol. The molecule has 0 saturated carbocycles. The maximum atomic E-state index is 6.02. The molecule has 0 spiro atoms. The fraction of sp³-hybridized carbons (Fsp3) is 0.375. The lowest BCUT2D eigenvalue weighted by Gasteiger charge is -2.33. The number of aromatic nitrogens is 2. The zero-order valence-electron chi connectivity index (χ0n) is 12.2. The van der Waals surface area contributed by atoms with Gasteiger partial charge in [0.25, 0.3) is 0 Å². The molecular weight excluding hydrogens is 364 g/mol. The van der Waals surface area contributed by atoms with E-state index in [1.807, 2.05) is 0 Å². The molecule has 1 saturated heterocycles. The maximum absolute atomic E-state index is 6.02. The molecule has 0 radical (unpaired) electrons. The van der Waals surface area contributed by atoms with Gasteiger partial charge in [0.2, 0.25) is 0 Å². The quantitative estimate of drug-likeness (QED) is 0.814. The van der Waals surface area contributed by atoms with Crippen LogP contribution in [0.15, 0.2) is 41.1 Å². The van der Waals surface area contributed by atoms with Crippen molar-refractivity contribution in [2.45, 2.75) is 25.4 Å². The molecule has 22 heavy (non-hydrogen) atoms. The third kappa shape index (κ3) is 3.97. The molecule has 1 fully saturated rings. The van der Waals surface area contributed by atoms with Crippen molar-refractivity contribution >= 4 is 33.3 Å². The Morgan fingerprint density at radius 2 is 2.09 bits per heavy atom. The Balaban J connectivity index is 1.62. The molecule has 3 rings (SSSR count). The van der Waals surface area contributed by atoms with Crippen LogP contribution in [0.2, 0.25) is 5.15 Å². The minimum atomic E-state index is 0.375. The summed E-state index contributed by atoms with van der Waals surface area (Å²) in [5, 5.41) is 3.92. The molecule has 1 aliphatic heterocycles. The van der Waals surface area contributed by atoms with Crippen molar-refractivity contribution in [3.8, 4) is 0 Å². The molecular formula is C16H18BrClN4. The van der Waals surface area contributed by atoms with Crippen molar-refractivity contribution in [3.63, 3.8) is 0 Å². The van der Waals surface area contributed by atoms with Crippen LogP contribution in [0.1, 0.15) is 18.4 Å². The van der Waals surface area contributed by atoms with Gasteiger partial charge in [-0.25, -0.2) is 9.97 Å². The third-order valence-electron chi connectivity index (χ3n) is 3.84. The number of piperidine rings is 1. The zero-order chi connectivity index (χ0) is 15.4. The van der Waals surface area contributed by atoms with Gasteiger partial charge < -0.3 is 5.32 Å². The lowest BCUT2D eigenvalue weighted by atomic mass is 10.0. The second-order valence-corrected chi connectivity index (χ2v) is 6.68. The fourth-order valence-corrected chi connectivity index (χ4v) is 3.25. The van der Waals surface area contributed by atoms with E-state index >= 15 is 0 Å². The predicted octanol–water partition coefficient (Wildman–Crippen LogP) is 3.97. The normalized spacial score (nSPS) is 19.1. The van der Waals surface area contributed by atoms with Gasteiger partial charge in [0.15, 0.2) is 0 Å². The van der Waals surface area contributed by atoms with Crippen LogP contribution in [-0.2, 0) is 6.54 Å². The van der Waals surface area contributed by atoms with Crippen molar-refractivity contribution in [2.24, 2.45) is 0 Å². The van der Waals surface area contributed by atoms with Gasteiger partial charge in [-0.15, -0.1) is 0 Å². The van der Waals surface area contributed by atoms with Crippen LogP contribution in [0.4, 0.5) is 5.82 Å². The summed E-state index contributed by atoms with van der Waals surface area (Å²) in [7, 11) is 0. The van der Waals surface area contributed by atoms with Crippen molar-refractivity contribution in [2.75, 3.05) is 18.4 Å². The van der Waals surface area contributed by atoms with E-state index in [-0.39, 0.29) is 0 Å². The van der Waals surface area contributed by atoms with Gasteiger partial charge >= 0.3 is 0 Å². The summed E-state index contributed by atoms with van der Waals surface area (Å²) in [6.07, 6.45) is 3.81. The first-order chi connectivity index (χ1) is 10.7. The third-order valence-corrected chi connectivity index (χ3v) is 5.11. The smallest absolute Gasteiger partial charge is 0.148 e. The molecule has 2 aromatic rings. The topological polar surface area (TPSA) is 41.1 Å². The monoisotopic (exact) mass is 380 g/mol. The number of rotatable bonds is 4. The van der Waals surface area contributed by atoms with Crippen LogP contribution >= 0.6 is 27.5 Å². The van der Waals surface area contributed by atoms with Crippen molar-refractivity contribution in [1.82, 2.24) is 14.9 Å². The number of anilines is 1. The summed E-state index contributed by atoms with van der Waals surface area (Å²) in [4.78, 5) is 10.7. The molecule has 4 nitrogen and oxygen atoms in total. The Morgan fingerprint density at radius 3 is 2.91 bits per heavy atom. The standard InChI is InChI=1S/C16H18BrClN4/c17-14-15(18)19-11-20-16(14)21-13-7-4-8-22(10-13)9-12-5-2-1-3-6-12/h1-3,5-6,11,13H,4,7-10H2,(H,19,20,21). The van der Waals surface area contributed by atoms with Crippen LogP contribution in [0.5, 0.6) is 0 Å². The van der Waals surface area contributed by atoms with Gasteiger partial charge in [0.1, 0.15) is 17.3 Å². The van der Waals surface area contributed by atoms with E-state index in [0.29, 0.717) is 11.2 Å². The van der Waals surface area contributed by atoms with E-state index in [0.717, 1.165) is 36.3 Å². The van der Waals surface area contributed by atoms with Crippen molar-refractivity contribution in [3.05, 3.63) is 51.8 Å². The molecule has 1 atom stereocenters. The molecule has 2 heterocycles. The Labute approximate surface area is 144 Å². The summed E-state index contributed by atoms with van der Waals surface area (Å²) in [6.45, 7) is 3.13. The second kappa shape index (κ2) is 7.40. The highest BCUT2D eigenvalue weighted by molar-refractivity contribution is 9.10. The van der Waals surface area contributed by atoms with E-state index in [1.54, 1.807) is 0 Å². The average Bonchev–Trinajstić information content (AvgIpc) is 2.53. The molecule has 1 N–H and O–H groups in total. The lowest BCUT2D eigenvalue weighted by Crippen LogP contribution is -2.41. The highest BCUT2D eigenvalue weighted by Gasteiger charge is 2.21. The Morgan fingerprint density at radius 1 is 1.27 bits per heavy atom. The maximum Gasteiger partial charge on any atom is 0.148 e. The highest BCUT2D eigenvalue weighted by atomic mass is 79.9. The van der Waals surface area contributed by atoms with Crippen LogP contribution in [0.3, 0.4) is 0 Å². The van der Waals surface area contributed by atoms with Gasteiger partial charge in [-0.05, 0) is 40.9 Å². The van der Waals surface area contributed by atoms with Gasteiger partial charge in [0, 0.05) is 19.1 Å². The molecule has 1 unspecified atom stereocenters. The van der Waals surface area contributed by atoms with E-state index in [9.17, 15) is 0 Å². The van der Waals surface area contributed by atoms with Gasteiger partial charge in [-0.2, -0.15) is 0 Å². The molecule has 1 aromatic heterocycles. The number of halogens is 2. The highest BCUT2D eigenvalue weighted by Crippen LogP contribution is 2.27. The van der Waals surface area contributed by atoms with Crippen molar-refractivity contribution < 1.29 is 0 Å². The minimum Gasteiger partial charge on any atom is -0.365 e. The molecule has 0 aliphatic carbocycles. The molecule has 1 aromatic carbocycles.